The number of halogens is 1. The second-order valence-electron chi connectivity index (χ2n) is 7.36. The van der Waals surface area contributed by atoms with Crippen molar-refractivity contribution in [2.75, 3.05) is 31.1 Å². The van der Waals surface area contributed by atoms with E-state index in [1.165, 1.54) is 17.0 Å². The van der Waals surface area contributed by atoms with Gasteiger partial charge < -0.3 is 9.80 Å². The van der Waals surface area contributed by atoms with Crippen molar-refractivity contribution >= 4 is 17.9 Å². The Morgan fingerprint density at radius 2 is 1.76 bits per heavy atom. The summed E-state index contributed by atoms with van der Waals surface area (Å²) in [5.41, 5.74) is 2.11. The lowest BCUT2D eigenvalue weighted by Crippen LogP contribution is -3.14. The first-order chi connectivity index (χ1) is 14.2. The highest BCUT2D eigenvalue weighted by atomic mass is 32.1. The molecule has 1 aromatic carbocycles. The molecule has 3 aromatic rings. The summed E-state index contributed by atoms with van der Waals surface area (Å²) in [5, 5.41) is 4.85. The summed E-state index contributed by atoms with van der Waals surface area (Å²) >= 11 is 5.75. The molecule has 1 N–H and O–H groups in total. The first-order valence-electron chi connectivity index (χ1n) is 10.1. The molecule has 4 rings (SSSR count). The van der Waals surface area contributed by atoms with E-state index in [0.717, 1.165) is 67.7 Å². The van der Waals surface area contributed by atoms with E-state index < -0.39 is 0 Å². The Hall–Kier alpha value is -2.58. The first-order valence-corrected chi connectivity index (χ1v) is 10.5. The standard InChI is InChI=1S/C21H25FN6S/c1-2-11-27-20(17-7-9-23-10-8-17)24-28(21(27)29)16-25-12-14-26(15-13-25)19-5-3-18(22)4-6-19/h3-10H,2,11-16H2,1H3/p+1. The molecule has 0 saturated carbocycles. The van der Waals surface area contributed by atoms with Crippen LogP contribution in [0.4, 0.5) is 10.1 Å². The lowest BCUT2D eigenvalue weighted by atomic mass is 10.2. The second kappa shape index (κ2) is 8.84. The van der Waals surface area contributed by atoms with Gasteiger partial charge in [-0.2, -0.15) is 4.68 Å². The number of nitrogens with zero attached hydrogens (tertiary/aromatic N) is 5. The molecule has 1 fully saturated rings. The van der Waals surface area contributed by atoms with Gasteiger partial charge in [-0.05, 0) is 55.0 Å². The van der Waals surface area contributed by atoms with E-state index in [1.807, 2.05) is 28.9 Å². The molecule has 0 spiro atoms. The molecule has 29 heavy (non-hydrogen) atoms. The van der Waals surface area contributed by atoms with Gasteiger partial charge in [-0.25, -0.2) is 4.39 Å². The molecule has 0 aliphatic carbocycles. The summed E-state index contributed by atoms with van der Waals surface area (Å²) in [5.74, 6) is 0.712. The van der Waals surface area contributed by atoms with Gasteiger partial charge in [0.05, 0.1) is 26.2 Å². The van der Waals surface area contributed by atoms with Gasteiger partial charge in [0.25, 0.3) is 0 Å². The molecule has 2 aromatic heterocycles. The number of hydrogen-bond donors (Lipinski definition) is 1. The van der Waals surface area contributed by atoms with Crippen molar-refractivity contribution in [3.8, 4) is 11.4 Å². The highest BCUT2D eigenvalue weighted by Crippen LogP contribution is 2.18. The Morgan fingerprint density at radius 1 is 1.07 bits per heavy atom. The number of aromatic nitrogens is 4. The van der Waals surface area contributed by atoms with Crippen LogP contribution in [0, 0.1) is 10.6 Å². The smallest absolute Gasteiger partial charge is 0.203 e. The van der Waals surface area contributed by atoms with Crippen molar-refractivity contribution in [2.24, 2.45) is 0 Å². The Balaban J connectivity index is 1.47. The highest BCUT2D eigenvalue weighted by Gasteiger charge is 2.22. The van der Waals surface area contributed by atoms with E-state index in [4.69, 9.17) is 17.3 Å². The summed E-state index contributed by atoms with van der Waals surface area (Å²) in [7, 11) is 0. The van der Waals surface area contributed by atoms with Gasteiger partial charge in [-0.1, -0.05) is 6.92 Å². The number of nitrogens with one attached hydrogen (secondary N) is 1. The van der Waals surface area contributed by atoms with E-state index >= 15 is 0 Å². The van der Waals surface area contributed by atoms with Crippen molar-refractivity contribution in [2.45, 2.75) is 26.6 Å². The van der Waals surface area contributed by atoms with Crippen LogP contribution >= 0.6 is 12.2 Å². The third-order valence-corrected chi connectivity index (χ3v) is 5.78. The average Bonchev–Trinajstić information content (AvgIpc) is 3.06. The molecule has 0 unspecified atom stereocenters. The molecule has 1 aliphatic rings. The molecule has 8 heteroatoms. The molecular weight excluding hydrogens is 387 g/mol. The van der Waals surface area contributed by atoms with Crippen molar-refractivity contribution in [1.82, 2.24) is 19.3 Å². The summed E-state index contributed by atoms with van der Waals surface area (Å²) < 4.78 is 18.0. The number of quaternary nitrogens is 1. The predicted octanol–water partition coefficient (Wildman–Crippen LogP) is 2.39. The fourth-order valence-corrected chi connectivity index (χ4v) is 4.07. The van der Waals surface area contributed by atoms with Crippen LogP contribution in [0.3, 0.4) is 0 Å². The lowest BCUT2D eigenvalue weighted by molar-refractivity contribution is -0.924. The van der Waals surface area contributed by atoms with Gasteiger partial charge >= 0.3 is 0 Å². The minimum absolute atomic E-state index is 0.194. The SMILES string of the molecule is CCCn1c(-c2ccncc2)nn(C[NH+]2CCN(c3ccc(F)cc3)CC2)c1=S. The number of rotatable bonds is 6. The summed E-state index contributed by atoms with van der Waals surface area (Å²) in [6, 6.07) is 10.7. The van der Waals surface area contributed by atoms with Crippen LogP contribution in [0.5, 0.6) is 0 Å². The third kappa shape index (κ3) is 4.38. The maximum absolute atomic E-state index is 13.2. The number of piperazine rings is 1. The monoisotopic (exact) mass is 413 g/mol. The molecule has 0 amide bonds. The third-order valence-electron chi connectivity index (χ3n) is 5.34. The van der Waals surface area contributed by atoms with Gasteiger partial charge in [0.2, 0.25) is 4.77 Å². The van der Waals surface area contributed by atoms with Crippen LogP contribution in [-0.4, -0.2) is 45.5 Å². The molecule has 1 saturated heterocycles. The second-order valence-corrected chi connectivity index (χ2v) is 7.73. The van der Waals surface area contributed by atoms with Crippen LogP contribution in [0.1, 0.15) is 13.3 Å². The van der Waals surface area contributed by atoms with Crippen molar-refractivity contribution in [3.63, 3.8) is 0 Å². The zero-order chi connectivity index (χ0) is 20.2. The maximum atomic E-state index is 13.2. The number of anilines is 1. The molecule has 0 bridgehead atoms. The minimum atomic E-state index is -0.194. The number of benzene rings is 1. The molecular formula is C21H26FN6S+. The Bertz CT molecular complexity index is 990. The number of hydrogen-bond acceptors (Lipinski definition) is 4. The van der Waals surface area contributed by atoms with E-state index in [2.05, 4.69) is 21.4 Å². The molecule has 1 aliphatic heterocycles. The summed E-state index contributed by atoms with van der Waals surface area (Å²) in [6.45, 7) is 7.60. The van der Waals surface area contributed by atoms with Crippen molar-refractivity contribution in [1.29, 1.82) is 0 Å². The highest BCUT2D eigenvalue weighted by molar-refractivity contribution is 7.71. The Labute approximate surface area is 175 Å². The molecule has 3 heterocycles. The summed E-state index contributed by atoms with van der Waals surface area (Å²) in [4.78, 5) is 7.86. The topological polar surface area (TPSA) is 43.3 Å². The predicted molar refractivity (Wildman–Crippen MR) is 114 cm³/mol. The molecule has 6 nitrogen and oxygen atoms in total. The maximum Gasteiger partial charge on any atom is 0.203 e. The van der Waals surface area contributed by atoms with Crippen LogP contribution in [0.2, 0.25) is 0 Å². The van der Waals surface area contributed by atoms with Gasteiger partial charge in [0, 0.05) is 30.2 Å². The quantitative estimate of drug-likeness (QED) is 0.631. The fraction of sp³-hybridized carbons (Fsp3) is 0.381. The van der Waals surface area contributed by atoms with E-state index in [-0.39, 0.29) is 5.82 Å². The van der Waals surface area contributed by atoms with E-state index in [9.17, 15) is 4.39 Å². The zero-order valence-corrected chi connectivity index (χ0v) is 17.4. The van der Waals surface area contributed by atoms with E-state index in [1.54, 1.807) is 12.4 Å². The normalized spacial score (nSPS) is 15.0. The fourth-order valence-electron chi connectivity index (χ4n) is 3.79. The lowest BCUT2D eigenvalue weighted by Gasteiger charge is -2.33. The Morgan fingerprint density at radius 3 is 2.41 bits per heavy atom. The van der Waals surface area contributed by atoms with E-state index in [0.29, 0.717) is 0 Å². The van der Waals surface area contributed by atoms with Gasteiger partial charge in [0.1, 0.15) is 5.82 Å². The van der Waals surface area contributed by atoms with Gasteiger partial charge in [0.15, 0.2) is 12.5 Å². The largest absolute Gasteiger partial charge is 0.360 e. The zero-order valence-electron chi connectivity index (χ0n) is 16.6. The average molecular weight is 414 g/mol. The number of pyridine rings is 1. The summed E-state index contributed by atoms with van der Waals surface area (Å²) in [6.07, 6.45) is 4.57. The molecule has 0 atom stereocenters. The van der Waals surface area contributed by atoms with Crippen molar-refractivity contribution < 1.29 is 9.29 Å². The minimum Gasteiger partial charge on any atom is -0.360 e. The van der Waals surface area contributed by atoms with Crippen LogP contribution in [-0.2, 0) is 13.2 Å². The Kier molecular flexibility index (Phi) is 6.01. The van der Waals surface area contributed by atoms with Crippen LogP contribution in [0.15, 0.2) is 48.8 Å². The van der Waals surface area contributed by atoms with Gasteiger partial charge in [-0.3, -0.25) is 9.55 Å². The molecule has 0 radical (unpaired) electrons. The molecule has 152 valence electrons. The van der Waals surface area contributed by atoms with Crippen LogP contribution < -0.4 is 9.80 Å². The van der Waals surface area contributed by atoms with Crippen molar-refractivity contribution in [3.05, 3.63) is 59.4 Å². The first kappa shape index (κ1) is 19.7. The van der Waals surface area contributed by atoms with Gasteiger partial charge in [-0.15, -0.1) is 5.10 Å². The van der Waals surface area contributed by atoms with Crippen LogP contribution in [0.25, 0.3) is 11.4 Å².